The molecule has 0 N–H and O–H groups in total. The molecule has 1 aliphatic rings. The first-order valence-electron chi connectivity index (χ1n) is 10.8. The Bertz CT molecular complexity index is 1210. The molecule has 2 aromatic carbocycles. The van der Waals surface area contributed by atoms with E-state index < -0.39 is 5.67 Å². The van der Waals surface area contributed by atoms with Gasteiger partial charge >= 0.3 is 0 Å². The lowest BCUT2D eigenvalue weighted by molar-refractivity contribution is -0.0114. The molecule has 0 saturated carbocycles. The summed E-state index contributed by atoms with van der Waals surface area (Å²) in [5.41, 5.74) is 3.17. The summed E-state index contributed by atoms with van der Waals surface area (Å²) >= 11 is 0. The second kappa shape index (κ2) is 8.31. The number of benzene rings is 2. The van der Waals surface area contributed by atoms with Crippen LogP contribution in [-0.4, -0.2) is 32.9 Å². The number of rotatable bonds is 5. The first kappa shape index (κ1) is 20.6. The molecule has 32 heavy (non-hydrogen) atoms. The molecule has 0 spiro atoms. The number of halogens is 1. The summed E-state index contributed by atoms with van der Waals surface area (Å²) in [5.74, 6) is 1.69. The van der Waals surface area contributed by atoms with Crippen molar-refractivity contribution in [2.24, 2.45) is 0 Å². The van der Waals surface area contributed by atoms with Crippen LogP contribution in [-0.2, 0) is 17.0 Å². The maximum absolute atomic E-state index is 15.1. The lowest BCUT2D eigenvalue weighted by Crippen LogP contribution is -2.29. The molecular weight excluding hydrogens is 407 g/mol. The number of nitrogens with zero attached hydrogens (tertiary/aromatic N) is 4. The van der Waals surface area contributed by atoms with Crippen molar-refractivity contribution in [2.45, 2.75) is 38.9 Å². The number of hydrogen-bond donors (Lipinski definition) is 0. The van der Waals surface area contributed by atoms with E-state index in [1.807, 2.05) is 25.3 Å². The molecule has 164 valence electrons. The average molecular weight is 432 g/mol. The van der Waals surface area contributed by atoms with Crippen molar-refractivity contribution in [3.8, 4) is 23.0 Å². The van der Waals surface area contributed by atoms with Crippen LogP contribution in [0.2, 0.25) is 0 Å². The van der Waals surface area contributed by atoms with Gasteiger partial charge < -0.3 is 13.8 Å². The molecule has 1 fully saturated rings. The van der Waals surface area contributed by atoms with E-state index in [0.29, 0.717) is 49.0 Å². The molecule has 2 aromatic heterocycles. The van der Waals surface area contributed by atoms with E-state index in [1.165, 1.54) is 11.1 Å². The van der Waals surface area contributed by atoms with Crippen molar-refractivity contribution in [2.75, 3.05) is 13.2 Å². The standard InChI is InChI=1S/C25H25FN4O2/c1-17-3-5-19(6-4-17)15-30-16-22(27-18(30)2)24-28-23(29-32-24)20-7-9-21(10-8-20)25(26)11-13-31-14-12-25/h3-10,16H,11-15H2,1-2H3. The van der Waals surface area contributed by atoms with Crippen molar-refractivity contribution >= 4 is 0 Å². The summed E-state index contributed by atoms with van der Waals surface area (Å²) in [6.45, 7) is 5.64. The van der Waals surface area contributed by atoms with Crippen molar-refractivity contribution in [3.63, 3.8) is 0 Å². The molecule has 1 aliphatic heterocycles. The van der Waals surface area contributed by atoms with Crippen LogP contribution >= 0.6 is 0 Å². The Kier molecular flexibility index (Phi) is 5.35. The zero-order chi connectivity index (χ0) is 22.1. The quantitative estimate of drug-likeness (QED) is 0.431. The van der Waals surface area contributed by atoms with Crippen LogP contribution in [0, 0.1) is 13.8 Å². The molecule has 4 aromatic rings. The highest BCUT2D eigenvalue weighted by atomic mass is 19.1. The zero-order valence-corrected chi connectivity index (χ0v) is 18.2. The molecule has 0 aliphatic carbocycles. The van der Waals surface area contributed by atoms with Crippen molar-refractivity contribution in [1.82, 2.24) is 19.7 Å². The summed E-state index contributed by atoms with van der Waals surface area (Å²) in [4.78, 5) is 9.11. The number of imidazole rings is 1. The predicted octanol–water partition coefficient (Wildman–Crippen LogP) is 5.24. The van der Waals surface area contributed by atoms with E-state index in [1.54, 1.807) is 12.1 Å². The van der Waals surface area contributed by atoms with Gasteiger partial charge in [0, 0.05) is 44.4 Å². The highest BCUT2D eigenvalue weighted by molar-refractivity contribution is 5.58. The lowest BCUT2D eigenvalue weighted by Gasteiger charge is -2.29. The fourth-order valence-electron chi connectivity index (χ4n) is 4.01. The minimum absolute atomic E-state index is 0.362. The molecule has 0 atom stereocenters. The second-order valence-electron chi connectivity index (χ2n) is 8.37. The third kappa shape index (κ3) is 4.08. The number of aryl methyl sites for hydroxylation is 2. The van der Waals surface area contributed by atoms with Crippen molar-refractivity contribution in [3.05, 3.63) is 77.2 Å². The van der Waals surface area contributed by atoms with E-state index in [0.717, 1.165) is 17.9 Å². The SMILES string of the molecule is Cc1ccc(Cn2cc(-c3nc(-c4ccc(C5(F)CCOCC5)cc4)no3)nc2C)cc1. The van der Waals surface area contributed by atoms with Crippen LogP contribution in [0.4, 0.5) is 4.39 Å². The summed E-state index contributed by atoms with van der Waals surface area (Å²) in [7, 11) is 0. The van der Waals surface area contributed by atoms with Crippen LogP contribution < -0.4 is 0 Å². The fraction of sp³-hybridized carbons (Fsp3) is 0.320. The van der Waals surface area contributed by atoms with Gasteiger partial charge in [0.25, 0.3) is 5.89 Å². The van der Waals surface area contributed by atoms with Gasteiger partial charge in [0.1, 0.15) is 17.2 Å². The zero-order valence-electron chi connectivity index (χ0n) is 18.2. The maximum Gasteiger partial charge on any atom is 0.278 e. The fourth-order valence-corrected chi connectivity index (χ4v) is 4.01. The Morgan fingerprint density at radius 1 is 0.969 bits per heavy atom. The van der Waals surface area contributed by atoms with Crippen LogP contribution in [0.25, 0.3) is 23.0 Å². The van der Waals surface area contributed by atoms with Gasteiger partial charge in [-0.05, 0) is 25.0 Å². The second-order valence-corrected chi connectivity index (χ2v) is 8.37. The number of hydrogen-bond acceptors (Lipinski definition) is 5. The van der Waals surface area contributed by atoms with E-state index in [4.69, 9.17) is 9.26 Å². The first-order chi connectivity index (χ1) is 15.5. The molecule has 3 heterocycles. The largest absolute Gasteiger partial charge is 0.381 e. The van der Waals surface area contributed by atoms with Gasteiger partial charge in [0.05, 0.1) is 0 Å². The molecule has 6 nitrogen and oxygen atoms in total. The summed E-state index contributed by atoms with van der Waals surface area (Å²) in [5, 5.41) is 4.11. The molecule has 0 radical (unpaired) electrons. The van der Waals surface area contributed by atoms with Gasteiger partial charge in [-0.3, -0.25) is 0 Å². The molecule has 0 amide bonds. The Labute approximate surface area is 186 Å². The first-order valence-corrected chi connectivity index (χ1v) is 10.8. The van der Waals surface area contributed by atoms with Gasteiger partial charge in [-0.1, -0.05) is 59.3 Å². The third-order valence-electron chi connectivity index (χ3n) is 6.04. The van der Waals surface area contributed by atoms with Crippen molar-refractivity contribution < 1.29 is 13.7 Å². The van der Waals surface area contributed by atoms with Crippen LogP contribution in [0.3, 0.4) is 0 Å². The molecular formula is C25H25FN4O2. The summed E-state index contributed by atoms with van der Waals surface area (Å²) in [6.07, 6.45) is 2.68. The Balaban J connectivity index is 1.34. The van der Waals surface area contributed by atoms with Gasteiger partial charge in [0.15, 0.2) is 0 Å². The highest BCUT2D eigenvalue weighted by Crippen LogP contribution is 2.37. The maximum atomic E-state index is 15.1. The summed E-state index contributed by atoms with van der Waals surface area (Å²) < 4.78 is 28.0. The molecule has 1 saturated heterocycles. The van der Waals surface area contributed by atoms with E-state index in [2.05, 4.69) is 50.9 Å². The molecule has 0 bridgehead atoms. The summed E-state index contributed by atoms with van der Waals surface area (Å²) in [6, 6.07) is 15.7. The van der Waals surface area contributed by atoms with Gasteiger partial charge in [-0.15, -0.1) is 0 Å². The van der Waals surface area contributed by atoms with Crippen LogP contribution in [0.1, 0.15) is 35.4 Å². The average Bonchev–Trinajstić information content (AvgIpc) is 3.43. The van der Waals surface area contributed by atoms with E-state index in [-0.39, 0.29) is 0 Å². The molecule has 7 heteroatoms. The smallest absolute Gasteiger partial charge is 0.278 e. The number of ether oxygens (including phenoxy) is 1. The minimum Gasteiger partial charge on any atom is -0.381 e. The highest BCUT2D eigenvalue weighted by Gasteiger charge is 2.34. The van der Waals surface area contributed by atoms with Crippen LogP contribution in [0.5, 0.6) is 0 Å². The third-order valence-corrected chi connectivity index (χ3v) is 6.04. The topological polar surface area (TPSA) is 66.0 Å². The van der Waals surface area contributed by atoms with Crippen LogP contribution in [0.15, 0.2) is 59.3 Å². The van der Waals surface area contributed by atoms with Gasteiger partial charge in [-0.2, -0.15) is 4.98 Å². The monoisotopic (exact) mass is 432 g/mol. The lowest BCUT2D eigenvalue weighted by atomic mass is 9.88. The minimum atomic E-state index is -1.33. The normalized spacial score (nSPS) is 15.7. The predicted molar refractivity (Wildman–Crippen MR) is 119 cm³/mol. The number of aromatic nitrogens is 4. The molecule has 0 unspecified atom stereocenters. The molecule has 5 rings (SSSR count). The Morgan fingerprint density at radius 3 is 2.41 bits per heavy atom. The van der Waals surface area contributed by atoms with E-state index >= 15 is 4.39 Å². The van der Waals surface area contributed by atoms with E-state index in [9.17, 15) is 0 Å². The van der Waals surface area contributed by atoms with Gasteiger partial charge in [-0.25, -0.2) is 9.37 Å². The van der Waals surface area contributed by atoms with Gasteiger partial charge in [0.2, 0.25) is 5.82 Å². The van der Waals surface area contributed by atoms with Crippen molar-refractivity contribution in [1.29, 1.82) is 0 Å². The Hall–Kier alpha value is -3.32. The number of alkyl halides is 1. The Morgan fingerprint density at radius 2 is 1.69 bits per heavy atom.